The predicted octanol–water partition coefficient (Wildman–Crippen LogP) is 3.48. The van der Waals surface area contributed by atoms with Crippen LogP contribution in [-0.4, -0.2) is 33.8 Å². The van der Waals surface area contributed by atoms with Crippen molar-refractivity contribution in [2.24, 2.45) is 0 Å². The van der Waals surface area contributed by atoms with Crippen molar-refractivity contribution < 1.29 is 9.90 Å². The lowest BCUT2D eigenvalue weighted by atomic mass is 10.1. The second-order valence-corrected chi connectivity index (χ2v) is 5.87. The number of benzene rings is 1. The minimum Gasteiger partial charge on any atom is -0.508 e. The Morgan fingerprint density at radius 3 is 2.74 bits per heavy atom. The first-order chi connectivity index (χ1) is 9.15. The van der Waals surface area contributed by atoms with Crippen molar-refractivity contribution in [2.75, 3.05) is 11.9 Å². The average molecular weight is 326 g/mol. The van der Waals surface area contributed by atoms with Gasteiger partial charge in [-0.05, 0) is 31.9 Å². The van der Waals surface area contributed by atoms with Crippen LogP contribution in [0.4, 0.5) is 0 Å². The molecule has 1 N–H and O–H groups in total. The molecule has 1 aromatic rings. The molecule has 2 rings (SSSR count). The van der Waals surface area contributed by atoms with Crippen molar-refractivity contribution in [3.8, 4) is 5.75 Å². The molecule has 1 aromatic carbocycles. The van der Waals surface area contributed by atoms with Crippen LogP contribution in [0, 0.1) is 6.92 Å². The maximum atomic E-state index is 12.7. The molecule has 104 valence electrons. The number of hydrogen-bond donors (Lipinski definition) is 1. The van der Waals surface area contributed by atoms with E-state index in [-0.39, 0.29) is 11.7 Å². The molecule has 1 amide bonds. The molecule has 0 aromatic heterocycles. The molecule has 0 aliphatic heterocycles. The topological polar surface area (TPSA) is 40.5 Å². The van der Waals surface area contributed by atoms with E-state index in [2.05, 4.69) is 15.9 Å². The zero-order chi connectivity index (χ0) is 13.8. The Morgan fingerprint density at radius 1 is 1.42 bits per heavy atom. The first-order valence-corrected chi connectivity index (χ1v) is 7.93. The van der Waals surface area contributed by atoms with Gasteiger partial charge in [-0.25, -0.2) is 0 Å². The van der Waals surface area contributed by atoms with E-state index in [0.717, 1.165) is 24.7 Å². The predicted molar refractivity (Wildman–Crippen MR) is 79.9 cm³/mol. The molecular weight excluding hydrogens is 306 g/mol. The summed E-state index contributed by atoms with van der Waals surface area (Å²) in [6.07, 6.45) is 4.60. The number of rotatable bonds is 4. The average Bonchev–Trinajstić information content (AvgIpc) is 2.92. The summed E-state index contributed by atoms with van der Waals surface area (Å²) < 4.78 is 0. The largest absolute Gasteiger partial charge is 0.508 e. The van der Waals surface area contributed by atoms with Gasteiger partial charge in [0, 0.05) is 29.0 Å². The minimum atomic E-state index is 0.0414. The van der Waals surface area contributed by atoms with Crippen LogP contribution in [0.1, 0.15) is 41.6 Å². The van der Waals surface area contributed by atoms with Crippen molar-refractivity contribution in [1.82, 2.24) is 4.90 Å². The highest BCUT2D eigenvalue weighted by Crippen LogP contribution is 2.27. The number of phenolic OH excluding ortho intramolecular Hbond substituents is 1. The zero-order valence-electron chi connectivity index (χ0n) is 11.2. The fourth-order valence-electron chi connectivity index (χ4n) is 2.77. The van der Waals surface area contributed by atoms with Gasteiger partial charge in [0.05, 0.1) is 0 Å². The molecule has 0 atom stereocenters. The summed E-state index contributed by atoms with van der Waals surface area (Å²) in [5.74, 6) is 0.232. The van der Waals surface area contributed by atoms with Crippen LogP contribution in [0.2, 0.25) is 0 Å². The van der Waals surface area contributed by atoms with Crippen molar-refractivity contribution in [2.45, 2.75) is 38.6 Å². The van der Waals surface area contributed by atoms with Gasteiger partial charge < -0.3 is 10.0 Å². The van der Waals surface area contributed by atoms with E-state index in [1.807, 2.05) is 4.90 Å². The molecule has 0 heterocycles. The Morgan fingerprint density at radius 2 is 2.11 bits per heavy atom. The number of alkyl halides is 1. The first kappa shape index (κ1) is 14.4. The van der Waals surface area contributed by atoms with E-state index in [4.69, 9.17) is 0 Å². The van der Waals surface area contributed by atoms with Gasteiger partial charge in [0.15, 0.2) is 0 Å². The molecule has 1 saturated carbocycles. The lowest BCUT2D eigenvalue weighted by Crippen LogP contribution is -2.40. The molecule has 0 bridgehead atoms. The number of aromatic hydroxyl groups is 1. The highest BCUT2D eigenvalue weighted by molar-refractivity contribution is 9.09. The Balaban J connectivity index is 2.25. The summed E-state index contributed by atoms with van der Waals surface area (Å²) in [5.41, 5.74) is 1.29. The van der Waals surface area contributed by atoms with Gasteiger partial charge in [-0.15, -0.1) is 0 Å². The fourth-order valence-corrected chi connectivity index (χ4v) is 3.15. The lowest BCUT2D eigenvalue weighted by Gasteiger charge is -2.29. The van der Waals surface area contributed by atoms with Gasteiger partial charge >= 0.3 is 0 Å². The molecule has 0 spiro atoms. The molecule has 0 saturated heterocycles. The van der Waals surface area contributed by atoms with Crippen LogP contribution in [-0.2, 0) is 0 Å². The molecule has 19 heavy (non-hydrogen) atoms. The van der Waals surface area contributed by atoms with Crippen molar-refractivity contribution in [3.05, 3.63) is 29.3 Å². The number of nitrogens with zero attached hydrogens (tertiary/aromatic N) is 1. The molecule has 1 aliphatic rings. The first-order valence-electron chi connectivity index (χ1n) is 6.80. The number of hydrogen-bond acceptors (Lipinski definition) is 2. The lowest BCUT2D eigenvalue weighted by molar-refractivity contribution is 0.0695. The fraction of sp³-hybridized carbons (Fsp3) is 0.533. The molecular formula is C15H20BrNO2. The quantitative estimate of drug-likeness (QED) is 0.861. The van der Waals surface area contributed by atoms with Gasteiger partial charge in [0.25, 0.3) is 5.91 Å². The van der Waals surface area contributed by atoms with E-state index in [9.17, 15) is 9.90 Å². The van der Waals surface area contributed by atoms with Gasteiger partial charge in [-0.3, -0.25) is 4.79 Å². The standard InChI is InChI=1S/C15H20BrNO2/c1-11-13(7-4-8-14(11)18)15(19)17(10-9-16)12-5-2-3-6-12/h4,7-8,12,18H,2-3,5-6,9-10H2,1H3. The minimum absolute atomic E-state index is 0.0414. The van der Waals surface area contributed by atoms with Crippen LogP contribution in [0.3, 0.4) is 0 Å². The summed E-state index contributed by atoms with van der Waals surface area (Å²) in [6.45, 7) is 2.52. The van der Waals surface area contributed by atoms with Crippen LogP contribution >= 0.6 is 15.9 Å². The van der Waals surface area contributed by atoms with E-state index in [1.54, 1.807) is 25.1 Å². The molecule has 0 radical (unpaired) electrons. The highest BCUT2D eigenvalue weighted by atomic mass is 79.9. The molecule has 1 fully saturated rings. The molecule has 1 aliphatic carbocycles. The summed E-state index contributed by atoms with van der Waals surface area (Å²) in [4.78, 5) is 14.7. The smallest absolute Gasteiger partial charge is 0.254 e. The monoisotopic (exact) mass is 325 g/mol. The highest BCUT2D eigenvalue weighted by Gasteiger charge is 2.27. The second kappa shape index (κ2) is 6.42. The van der Waals surface area contributed by atoms with E-state index in [1.165, 1.54) is 12.8 Å². The Labute approximate surface area is 122 Å². The third-order valence-corrected chi connectivity index (χ3v) is 4.24. The van der Waals surface area contributed by atoms with Crippen molar-refractivity contribution in [3.63, 3.8) is 0 Å². The summed E-state index contributed by atoms with van der Waals surface area (Å²) in [5, 5.41) is 10.5. The number of phenols is 1. The number of carbonyl (C=O) groups is 1. The van der Waals surface area contributed by atoms with Gasteiger partial charge in [0.1, 0.15) is 5.75 Å². The molecule has 0 unspecified atom stereocenters. The third-order valence-electron chi connectivity index (χ3n) is 3.89. The van der Waals surface area contributed by atoms with Crippen LogP contribution < -0.4 is 0 Å². The maximum Gasteiger partial charge on any atom is 0.254 e. The van der Waals surface area contributed by atoms with E-state index >= 15 is 0 Å². The Bertz CT molecular complexity index is 455. The summed E-state index contributed by atoms with van der Waals surface area (Å²) in [6, 6.07) is 5.51. The normalized spacial score (nSPS) is 15.7. The molecule has 4 heteroatoms. The zero-order valence-corrected chi connectivity index (χ0v) is 12.8. The summed E-state index contributed by atoms with van der Waals surface area (Å²) in [7, 11) is 0. The number of amides is 1. The van der Waals surface area contributed by atoms with E-state index in [0.29, 0.717) is 17.2 Å². The molecule has 3 nitrogen and oxygen atoms in total. The SMILES string of the molecule is Cc1c(O)cccc1C(=O)N(CCBr)C1CCCC1. The van der Waals surface area contributed by atoms with Crippen molar-refractivity contribution >= 4 is 21.8 Å². The Kier molecular flexibility index (Phi) is 4.86. The Hall–Kier alpha value is -1.03. The van der Waals surface area contributed by atoms with E-state index < -0.39 is 0 Å². The van der Waals surface area contributed by atoms with Crippen LogP contribution in [0.5, 0.6) is 5.75 Å². The van der Waals surface area contributed by atoms with Crippen LogP contribution in [0.15, 0.2) is 18.2 Å². The van der Waals surface area contributed by atoms with Gasteiger partial charge in [0.2, 0.25) is 0 Å². The van der Waals surface area contributed by atoms with Gasteiger partial charge in [-0.1, -0.05) is 34.8 Å². The maximum absolute atomic E-state index is 12.7. The summed E-state index contributed by atoms with van der Waals surface area (Å²) >= 11 is 3.43. The van der Waals surface area contributed by atoms with Crippen LogP contribution in [0.25, 0.3) is 0 Å². The number of halogens is 1. The third kappa shape index (κ3) is 3.11. The number of carbonyl (C=O) groups excluding carboxylic acids is 1. The second-order valence-electron chi connectivity index (χ2n) is 5.08. The van der Waals surface area contributed by atoms with Crippen molar-refractivity contribution in [1.29, 1.82) is 0 Å². The van der Waals surface area contributed by atoms with Gasteiger partial charge in [-0.2, -0.15) is 0 Å².